The Labute approximate surface area is 98.9 Å². The van der Waals surface area contributed by atoms with Crippen LogP contribution in [0, 0.1) is 12.3 Å². The molecule has 16 heavy (non-hydrogen) atoms. The normalized spacial score (nSPS) is 19.6. The molecule has 0 atom stereocenters. The van der Waals surface area contributed by atoms with Crippen LogP contribution < -0.4 is 11.5 Å². The van der Waals surface area contributed by atoms with Crippen LogP contribution in [-0.2, 0) is 0 Å². The molecule has 92 valence electrons. The van der Waals surface area contributed by atoms with Crippen LogP contribution in [-0.4, -0.2) is 55.2 Å². The minimum absolute atomic E-state index is 0.601. The van der Waals surface area contributed by atoms with Crippen LogP contribution in [0.25, 0.3) is 0 Å². The maximum absolute atomic E-state index is 5.99. The highest BCUT2D eigenvalue weighted by Gasteiger charge is 2.21. The zero-order valence-corrected chi connectivity index (χ0v) is 10.3. The van der Waals surface area contributed by atoms with E-state index in [4.69, 9.17) is 17.9 Å². The van der Waals surface area contributed by atoms with Gasteiger partial charge in [-0.3, -0.25) is 0 Å². The third-order valence-electron chi connectivity index (χ3n) is 3.22. The van der Waals surface area contributed by atoms with Crippen molar-refractivity contribution in [1.29, 1.82) is 0 Å². The van der Waals surface area contributed by atoms with Gasteiger partial charge in [0, 0.05) is 39.1 Å². The second kappa shape index (κ2) is 6.21. The number of nitrogens with two attached hydrogens (primary N) is 2. The summed E-state index contributed by atoms with van der Waals surface area (Å²) in [5.41, 5.74) is 11.4. The van der Waals surface area contributed by atoms with Gasteiger partial charge in [-0.15, -0.1) is 12.3 Å². The van der Waals surface area contributed by atoms with Gasteiger partial charge in [-0.05, 0) is 19.9 Å². The number of nitrogens with zero attached hydrogens (tertiary/aromatic N) is 2. The standard InChI is InChI=1S/C12H24N4/c1-3-4-5-12(13,14)6-7-16-10-8-15(2)9-11-16/h1H,4-11,13-14H2,2H3. The van der Waals surface area contributed by atoms with Crippen molar-refractivity contribution in [3.8, 4) is 12.3 Å². The lowest BCUT2D eigenvalue weighted by Gasteiger charge is -2.34. The summed E-state index contributed by atoms with van der Waals surface area (Å²) in [6, 6.07) is 0. The van der Waals surface area contributed by atoms with Crippen LogP contribution in [0.5, 0.6) is 0 Å². The monoisotopic (exact) mass is 224 g/mol. The smallest absolute Gasteiger partial charge is 0.0658 e. The van der Waals surface area contributed by atoms with E-state index in [-0.39, 0.29) is 0 Å². The van der Waals surface area contributed by atoms with E-state index in [0.717, 1.165) is 39.1 Å². The van der Waals surface area contributed by atoms with Crippen LogP contribution in [0.2, 0.25) is 0 Å². The molecule has 0 bridgehead atoms. The first-order chi connectivity index (χ1) is 7.53. The summed E-state index contributed by atoms with van der Waals surface area (Å²) in [7, 11) is 2.15. The molecule has 0 radical (unpaired) electrons. The SMILES string of the molecule is C#CCCC(N)(N)CCN1CCN(C)CC1. The van der Waals surface area contributed by atoms with E-state index in [9.17, 15) is 0 Å². The van der Waals surface area contributed by atoms with E-state index in [2.05, 4.69) is 22.8 Å². The largest absolute Gasteiger partial charge is 0.313 e. The fourth-order valence-corrected chi connectivity index (χ4v) is 1.87. The molecule has 1 saturated heterocycles. The quantitative estimate of drug-likeness (QED) is 0.495. The molecular weight excluding hydrogens is 200 g/mol. The second-order valence-corrected chi connectivity index (χ2v) is 4.83. The van der Waals surface area contributed by atoms with Crippen LogP contribution in [0.15, 0.2) is 0 Å². The molecule has 4 nitrogen and oxygen atoms in total. The Bertz CT molecular complexity index is 236. The maximum Gasteiger partial charge on any atom is 0.0658 e. The first kappa shape index (κ1) is 13.5. The van der Waals surface area contributed by atoms with Gasteiger partial charge in [0.2, 0.25) is 0 Å². The molecule has 1 rings (SSSR count). The predicted molar refractivity (Wildman–Crippen MR) is 67.7 cm³/mol. The number of piperazine rings is 1. The van der Waals surface area contributed by atoms with Gasteiger partial charge in [0.05, 0.1) is 5.66 Å². The summed E-state index contributed by atoms with van der Waals surface area (Å²) in [6.07, 6.45) is 7.40. The minimum atomic E-state index is -0.601. The second-order valence-electron chi connectivity index (χ2n) is 4.83. The molecule has 0 aliphatic carbocycles. The van der Waals surface area contributed by atoms with Gasteiger partial charge in [-0.2, -0.15) is 0 Å². The van der Waals surface area contributed by atoms with E-state index >= 15 is 0 Å². The highest BCUT2D eigenvalue weighted by molar-refractivity contribution is 4.89. The van der Waals surface area contributed by atoms with Crippen molar-refractivity contribution < 1.29 is 0 Å². The zero-order valence-electron chi connectivity index (χ0n) is 10.3. The Balaban J connectivity index is 2.20. The fraction of sp³-hybridized carbons (Fsp3) is 0.833. The lowest BCUT2D eigenvalue weighted by molar-refractivity contribution is 0.142. The van der Waals surface area contributed by atoms with E-state index in [0.29, 0.717) is 12.8 Å². The fourth-order valence-electron chi connectivity index (χ4n) is 1.87. The zero-order chi connectivity index (χ0) is 12.0. The van der Waals surface area contributed by atoms with Crippen molar-refractivity contribution in [2.45, 2.75) is 24.9 Å². The van der Waals surface area contributed by atoms with Crippen molar-refractivity contribution in [2.24, 2.45) is 11.5 Å². The number of hydrogen-bond donors (Lipinski definition) is 2. The average molecular weight is 224 g/mol. The summed E-state index contributed by atoms with van der Waals surface area (Å²) < 4.78 is 0. The molecular formula is C12H24N4. The minimum Gasteiger partial charge on any atom is -0.313 e. The van der Waals surface area contributed by atoms with E-state index in [1.165, 1.54) is 0 Å². The lowest BCUT2D eigenvalue weighted by Crippen LogP contribution is -2.53. The summed E-state index contributed by atoms with van der Waals surface area (Å²) in [6.45, 7) is 5.47. The van der Waals surface area contributed by atoms with Gasteiger partial charge < -0.3 is 21.3 Å². The molecule has 1 heterocycles. The molecule has 0 saturated carbocycles. The molecule has 4 heteroatoms. The first-order valence-corrected chi connectivity index (χ1v) is 5.96. The summed E-state index contributed by atoms with van der Waals surface area (Å²) in [5, 5.41) is 0. The van der Waals surface area contributed by atoms with Gasteiger partial charge in [0.1, 0.15) is 0 Å². The number of terminal acetylenes is 1. The average Bonchev–Trinajstić information content (AvgIpc) is 2.26. The summed E-state index contributed by atoms with van der Waals surface area (Å²) >= 11 is 0. The molecule has 1 aliphatic heterocycles. The van der Waals surface area contributed by atoms with Crippen molar-refractivity contribution in [3.05, 3.63) is 0 Å². The Morgan fingerprint density at radius 2 is 1.81 bits per heavy atom. The van der Waals surface area contributed by atoms with Crippen molar-refractivity contribution in [3.63, 3.8) is 0 Å². The molecule has 0 amide bonds. The molecule has 0 aromatic carbocycles. The summed E-state index contributed by atoms with van der Waals surface area (Å²) in [4.78, 5) is 4.76. The molecule has 1 fully saturated rings. The predicted octanol–water partition coefficient (Wildman–Crippen LogP) is -0.349. The van der Waals surface area contributed by atoms with Crippen LogP contribution >= 0.6 is 0 Å². The molecule has 0 aromatic heterocycles. The third kappa shape index (κ3) is 4.95. The number of rotatable bonds is 5. The number of likely N-dealkylation sites (N-methyl/N-ethyl adjacent to an activating group) is 1. The molecule has 1 aliphatic rings. The molecule has 4 N–H and O–H groups in total. The highest BCUT2D eigenvalue weighted by atomic mass is 15.2. The van der Waals surface area contributed by atoms with Gasteiger partial charge in [0.15, 0.2) is 0 Å². The van der Waals surface area contributed by atoms with Gasteiger partial charge >= 0.3 is 0 Å². The topological polar surface area (TPSA) is 58.5 Å². The first-order valence-electron chi connectivity index (χ1n) is 5.96. The lowest BCUT2D eigenvalue weighted by atomic mass is 10.0. The van der Waals surface area contributed by atoms with Crippen LogP contribution in [0.3, 0.4) is 0 Å². The third-order valence-corrected chi connectivity index (χ3v) is 3.22. The Morgan fingerprint density at radius 3 is 2.38 bits per heavy atom. The van der Waals surface area contributed by atoms with E-state index < -0.39 is 5.66 Å². The van der Waals surface area contributed by atoms with Gasteiger partial charge in [-0.25, -0.2) is 0 Å². The number of hydrogen-bond acceptors (Lipinski definition) is 4. The van der Waals surface area contributed by atoms with Gasteiger partial charge in [0.25, 0.3) is 0 Å². The van der Waals surface area contributed by atoms with Crippen molar-refractivity contribution in [2.75, 3.05) is 39.8 Å². The maximum atomic E-state index is 5.99. The Hall–Kier alpha value is -0.600. The van der Waals surface area contributed by atoms with Crippen molar-refractivity contribution >= 4 is 0 Å². The Kier molecular flexibility index (Phi) is 5.23. The van der Waals surface area contributed by atoms with E-state index in [1.807, 2.05) is 0 Å². The molecule has 0 spiro atoms. The summed E-state index contributed by atoms with van der Waals surface area (Å²) in [5.74, 6) is 2.59. The van der Waals surface area contributed by atoms with Gasteiger partial charge in [-0.1, -0.05) is 0 Å². The molecule has 0 aromatic rings. The van der Waals surface area contributed by atoms with Crippen LogP contribution in [0.4, 0.5) is 0 Å². The highest BCUT2D eigenvalue weighted by Crippen LogP contribution is 2.09. The van der Waals surface area contributed by atoms with Crippen molar-refractivity contribution in [1.82, 2.24) is 9.80 Å². The molecule has 0 unspecified atom stereocenters. The van der Waals surface area contributed by atoms with Crippen LogP contribution in [0.1, 0.15) is 19.3 Å². The Morgan fingerprint density at radius 1 is 1.19 bits per heavy atom. The van der Waals surface area contributed by atoms with E-state index in [1.54, 1.807) is 0 Å².